The third-order valence-electron chi connectivity index (χ3n) is 6.87. The van der Waals surface area contributed by atoms with E-state index in [0.29, 0.717) is 24.9 Å². The minimum absolute atomic E-state index is 0.0492. The van der Waals surface area contributed by atoms with Crippen LogP contribution in [0.15, 0.2) is 24.3 Å². The smallest absolute Gasteiger partial charge is 0.251 e. The fraction of sp³-hybridized carbons (Fsp3) is 0.600. The van der Waals surface area contributed by atoms with Crippen molar-refractivity contribution in [2.75, 3.05) is 32.1 Å². The molecule has 0 bridgehead atoms. The Morgan fingerprint density at radius 3 is 2.30 bits per heavy atom. The number of hydrogen-bond donors (Lipinski definition) is 1. The topological polar surface area (TPSA) is 90.0 Å². The van der Waals surface area contributed by atoms with Gasteiger partial charge in [0.25, 0.3) is 5.91 Å². The number of anilines is 1. The number of ketones is 1. The Bertz CT molecular complexity index is 938. The Labute approximate surface area is 195 Å². The van der Waals surface area contributed by atoms with E-state index in [0.717, 1.165) is 18.5 Å². The van der Waals surface area contributed by atoms with Crippen molar-refractivity contribution in [3.05, 3.63) is 29.8 Å². The van der Waals surface area contributed by atoms with E-state index in [1.54, 1.807) is 21.9 Å². The number of carbonyl (C=O) groups excluding carboxylic acids is 4. The van der Waals surface area contributed by atoms with Crippen LogP contribution in [0.4, 0.5) is 5.69 Å². The Hall–Kier alpha value is -2.90. The van der Waals surface area contributed by atoms with Gasteiger partial charge in [0.2, 0.25) is 11.8 Å². The number of nitrogens with one attached hydrogen (secondary N) is 1. The van der Waals surface area contributed by atoms with Crippen LogP contribution < -0.4 is 10.2 Å². The lowest BCUT2D eigenvalue weighted by Gasteiger charge is -2.29. The van der Waals surface area contributed by atoms with Crippen LogP contribution in [0.25, 0.3) is 0 Å². The molecule has 2 heterocycles. The molecule has 3 amide bonds. The lowest BCUT2D eigenvalue weighted by molar-refractivity contribution is -0.138. The van der Waals surface area contributed by atoms with E-state index in [1.165, 1.54) is 0 Å². The zero-order valence-electron chi connectivity index (χ0n) is 19.9. The molecule has 1 aromatic carbocycles. The van der Waals surface area contributed by atoms with Gasteiger partial charge in [0.15, 0.2) is 5.78 Å². The first-order valence-corrected chi connectivity index (χ1v) is 11.9. The Morgan fingerprint density at radius 2 is 1.73 bits per heavy atom. The predicted molar refractivity (Wildman–Crippen MR) is 125 cm³/mol. The van der Waals surface area contributed by atoms with E-state index >= 15 is 0 Å². The van der Waals surface area contributed by atoms with Crippen LogP contribution in [0.1, 0.15) is 49.9 Å². The second kappa shape index (κ2) is 9.15. The molecule has 1 aliphatic carbocycles. The van der Waals surface area contributed by atoms with Crippen LogP contribution in [0.3, 0.4) is 0 Å². The van der Waals surface area contributed by atoms with Gasteiger partial charge in [0, 0.05) is 37.8 Å². The molecule has 178 valence electrons. The molecule has 0 radical (unpaired) electrons. The molecular weight excluding hydrogens is 420 g/mol. The normalized spacial score (nSPS) is 23.0. The second-order valence-electron chi connectivity index (χ2n) is 10.1. The molecule has 2 saturated heterocycles. The maximum Gasteiger partial charge on any atom is 0.251 e. The Balaban J connectivity index is 1.48. The molecule has 3 fully saturated rings. The first-order chi connectivity index (χ1) is 15.7. The summed E-state index contributed by atoms with van der Waals surface area (Å²) in [4.78, 5) is 57.2. The van der Waals surface area contributed by atoms with Gasteiger partial charge in [-0.2, -0.15) is 0 Å². The predicted octanol–water partition coefficient (Wildman–Crippen LogP) is 1.69. The van der Waals surface area contributed by atoms with Crippen LogP contribution in [0.2, 0.25) is 0 Å². The van der Waals surface area contributed by atoms with Gasteiger partial charge in [-0.1, -0.05) is 13.8 Å². The van der Waals surface area contributed by atoms with Crippen molar-refractivity contribution in [2.45, 2.75) is 57.7 Å². The average molecular weight is 455 g/mol. The molecule has 1 saturated carbocycles. The summed E-state index contributed by atoms with van der Waals surface area (Å²) in [7, 11) is 3.86. The average Bonchev–Trinajstić information content (AvgIpc) is 3.45. The van der Waals surface area contributed by atoms with Crippen LogP contribution in [-0.4, -0.2) is 78.6 Å². The van der Waals surface area contributed by atoms with E-state index in [2.05, 4.69) is 5.32 Å². The van der Waals surface area contributed by atoms with Gasteiger partial charge in [0.1, 0.15) is 12.1 Å². The van der Waals surface area contributed by atoms with E-state index in [1.807, 2.05) is 45.0 Å². The molecule has 0 aromatic heterocycles. The molecule has 3 unspecified atom stereocenters. The molecule has 3 aliphatic rings. The summed E-state index contributed by atoms with van der Waals surface area (Å²) < 4.78 is 0. The number of hydrogen-bond acceptors (Lipinski definition) is 5. The summed E-state index contributed by atoms with van der Waals surface area (Å²) in [6, 6.07) is 5.68. The number of nitrogens with zero attached hydrogens (tertiary/aromatic N) is 3. The van der Waals surface area contributed by atoms with Gasteiger partial charge in [0.05, 0.1) is 12.6 Å². The minimum Gasteiger partial charge on any atom is -0.378 e. The standard InChI is InChI=1S/C25H34N4O4/c1-15(2)13-19(26-23(31)16-7-9-18(10-8-16)27(3)4)25(33)28-12-11-20-22(28)21(30)14-29(20)24(32)17-5-6-17/h7-10,15,17,19-20,22H,5-6,11-14H2,1-4H3,(H,26,31). The molecule has 8 nitrogen and oxygen atoms in total. The third-order valence-corrected chi connectivity index (χ3v) is 6.87. The number of amides is 3. The number of benzene rings is 1. The summed E-state index contributed by atoms with van der Waals surface area (Å²) in [5, 5.41) is 2.91. The van der Waals surface area contributed by atoms with Crippen molar-refractivity contribution in [1.82, 2.24) is 15.1 Å². The summed E-state index contributed by atoms with van der Waals surface area (Å²) in [5.41, 5.74) is 1.47. The summed E-state index contributed by atoms with van der Waals surface area (Å²) in [6.45, 7) is 4.52. The monoisotopic (exact) mass is 454 g/mol. The van der Waals surface area contributed by atoms with E-state index in [-0.39, 0.29) is 47.9 Å². The Morgan fingerprint density at radius 1 is 1.06 bits per heavy atom. The Kier molecular flexibility index (Phi) is 6.45. The van der Waals surface area contributed by atoms with Crippen molar-refractivity contribution >= 4 is 29.2 Å². The summed E-state index contributed by atoms with van der Waals surface area (Å²) in [5.74, 6) is -0.330. The summed E-state index contributed by atoms with van der Waals surface area (Å²) >= 11 is 0. The molecule has 4 rings (SSSR count). The van der Waals surface area contributed by atoms with E-state index in [9.17, 15) is 19.2 Å². The SMILES string of the molecule is CC(C)CC(NC(=O)c1ccc(N(C)C)cc1)C(=O)N1CCC2C1C(=O)CN2C(=O)C1CC1. The highest BCUT2D eigenvalue weighted by molar-refractivity contribution is 6.01. The molecule has 1 aromatic rings. The van der Waals surface area contributed by atoms with Gasteiger partial charge in [-0.15, -0.1) is 0 Å². The van der Waals surface area contributed by atoms with Crippen LogP contribution >= 0.6 is 0 Å². The molecule has 3 atom stereocenters. The molecule has 8 heteroatoms. The van der Waals surface area contributed by atoms with Gasteiger partial charge < -0.3 is 20.0 Å². The van der Waals surface area contributed by atoms with Gasteiger partial charge in [-0.05, 0) is 55.9 Å². The van der Waals surface area contributed by atoms with Crippen LogP contribution in [-0.2, 0) is 14.4 Å². The highest BCUT2D eigenvalue weighted by atomic mass is 16.2. The van der Waals surface area contributed by atoms with Crippen molar-refractivity contribution in [3.8, 4) is 0 Å². The highest BCUT2D eigenvalue weighted by Crippen LogP contribution is 2.37. The highest BCUT2D eigenvalue weighted by Gasteiger charge is 2.53. The van der Waals surface area contributed by atoms with Gasteiger partial charge in [-0.25, -0.2) is 0 Å². The van der Waals surface area contributed by atoms with E-state index in [4.69, 9.17) is 0 Å². The maximum atomic E-state index is 13.6. The largest absolute Gasteiger partial charge is 0.378 e. The van der Waals surface area contributed by atoms with Crippen molar-refractivity contribution in [2.24, 2.45) is 11.8 Å². The van der Waals surface area contributed by atoms with Crippen LogP contribution in [0.5, 0.6) is 0 Å². The second-order valence-corrected chi connectivity index (χ2v) is 10.1. The number of likely N-dealkylation sites (tertiary alicyclic amines) is 2. The lowest BCUT2D eigenvalue weighted by atomic mass is 10.0. The first kappa shape index (κ1) is 23.3. The maximum absolute atomic E-state index is 13.6. The van der Waals surface area contributed by atoms with Crippen molar-refractivity contribution < 1.29 is 19.2 Å². The fourth-order valence-corrected chi connectivity index (χ4v) is 4.97. The zero-order valence-corrected chi connectivity index (χ0v) is 19.9. The van der Waals surface area contributed by atoms with Crippen molar-refractivity contribution in [1.29, 1.82) is 0 Å². The first-order valence-electron chi connectivity index (χ1n) is 11.9. The quantitative estimate of drug-likeness (QED) is 0.677. The van der Waals surface area contributed by atoms with Crippen molar-refractivity contribution in [3.63, 3.8) is 0 Å². The number of rotatable bonds is 7. The lowest BCUT2D eigenvalue weighted by Crippen LogP contribution is -2.53. The minimum atomic E-state index is -0.717. The van der Waals surface area contributed by atoms with Crippen LogP contribution in [0, 0.1) is 11.8 Å². The molecule has 33 heavy (non-hydrogen) atoms. The molecule has 0 spiro atoms. The number of carbonyl (C=O) groups is 4. The molecule has 2 aliphatic heterocycles. The van der Waals surface area contributed by atoms with E-state index < -0.39 is 12.1 Å². The fourth-order valence-electron chi connectivity index (χ4n) is 4.97. The summed E-state index contributed by atoms with van der Waals surface area (Å²) in [6.07, 6.45) is 2.87. The molecular formula is C25H34N4O4. The van der Waals surface area contributed by atoms with Gasteiger partial charge >= 0.3 is 0 Å². The number of fused-ring (bicyclic) bond motifs is 1. The third kappa shape index (κ3) is 4.75. The number of Topliss-reactive ketones (excluding diaryl/α,β-unsaturated/α-hetero) is 1. The molecule has 1 N–H and O–H groups in total. The zero-order chi connectivity index (χ0) is 23.9. The van der Waals surface area contributed by atoms with Gasteiger partial charge in [-0.3, -0.25) is 19.2 Å².